The van der Waals surface area contributed by atoms with Crippen LogP contribution in [0.15, 0.2) is 52.1 Å². The van der Waals surface area contributed by atoms with E-state index in [1.807, 2.05) is 37.2 Å². The molecule has 0 aliphatic carbocycles. The van der Waals surface area contributed by atoms with Gasteiger partial charge in [0.05, 0.1) is 18.0 Å². The Morgan fingerprint density at radius 1 is 1.29 bits per heavy atom. The van der Waals surface area contributed by atoms with Crippen LogP contribution in [-0.2, 0) is 0 Å². The van der Waals surface area contributed by atoms with Gasteiger partial charge in [-0.15, -0.1) is 24.0 Å². The SMILES string of the molecule is CN=C(NCC(c1ccco1)N(C)C)NC1CCN(c2ccccc2OC(F)F)C1.I. The molecule has 2 N–H and O–H groups in total. The second-order valence-corrected chi connectivity index (χ2v) is 7.37. The molecule has 7 nitrogen and oxygen atoms in total. The van der Waals surface area contributed by atoms with Gasteiger partial charge in [0.15, 0.2) is 5.96 Å². The molecular weight excluding hydrogens is 519 g/mol. The van der Waals surface area contributed by atoms with Gasteiger partial charge in [-0.05, 0) is 44.8 Å². The van der Waals surface area contributed by atoms with Crippen LogP contribution in [0.1, 0.15) is 18.2 Å². The monoisotopic (exact) mass is 549 g/mol. The van der Waals surface area contributed by atoms with Crippen molar-refractivity contribution in [3.63, 3.8) is 0 Å². The van der Waals surface area contributed by atoms with Crippen molar-refractivity contribution in [1.82, 2.24) is 15.5 Å². The predicted octanol–water partition coefficient (Wildman–Crippen LogP) is 3.55. The van der Waals surface area contributed by atoms with Crippen LogP contribution in [0.25, 0.3) is 0 Å². The maximum Gasteiger partial charge on any atom is 0.387 e. The van der Waals surface area contributed by atoms with E-state index >= 15 is 0 Å². The lowest BCUT2D eigenvalue weighted by atomic mass is 10.2. The summed E-state index contributed by atoms with van der Waals surface area (Å²) in [5, 5.41) is 6.78. The van der Waals surface area contributed by atoms with Crippen molar-refractivity contribution in [3.8, 4) is 5.75 Å². The zero-order valence-corrected chi connectivity index (χ0v) is 20.3. The van der Waals surface area contributed by atoms with Gasteiger partial charge in [0.25, 0.3) is 0 Å². The van der Waals surface area contributed by atoms with E-state index < -0.39 is 6.61 Å². The lowest BCUT2D eigenvalue weighted by Gasteiger charge is -2.25. The van der Waals surface area contributed by atoms with Crippen LogP contribution in [0.4, 0.5) is 14.5 Å². The van der Waals surface area contributed by atoms with E-state index in [0.29, 0.717) is 24.7 Å². The number of para-hydroxylation sites is 2. The Morgan fingerprint density at radius 2 is 2.06 bits per heavy atom. The first-order chi connectivity index (χ1) is 14.5. The Hall–Kier alpha value is -2.08. The van der Waals surface area contributed by atoms with Crippen LogP contribution >= 0.6 is 24.0 Å². The average Bonchev–Trinajstić information content (AvgIpc) is 3.39. The highest BCUT2D eigenvalue weighted by atomic mass is 127. The van der Waals surface area contributed by atoms with Crippen LogP contribution in [-0.4, -0.2) is 64.3 Å². The number of hydrogen-bond donors (Lipinski definition) is 2. The Morgan fingerprint density at radius 3 is 2.71 bits per heavy atom. The Bertz CT molecular complexity index is 820. The summed E-state index contributed by atoms with van der Waals surface area (Å²) in [6, 6.07) is 10.9. The quantitative estimate of drug-likeness (QED) is 0.299. The lowest BCUT2D eigenvalue weighted by molar-refractivity contribution is -0.0495. The van der Waals surface area contributed by atoms with E-state index in [2.05, 4.69) is 25.3 Å². The van der Waals surface area contributed by atoms with Crippen molar-refractivity contribution in [2.24, 2.45) is 4.99 Å². The van der Waals surface area contributed by atoms with Gasteiger partial charge in [0.1, 0.15) is 11.5 Å². The van der Waals surface area contributed by atoms with Gasteiger partial charge < -0.3 is 24.7 Å². The van der Waals surface area contributed by atoms with Crippen molar-refractivity contribution in [2.45, 2.75) is 25.1 Å². The number of ether oxygens (including phenoxy) is 1. The van der Waals surface area contributed by atoms with Crippen LogP contribution in [0.5, 0.6) is 5.75 Å². The van der Waals surface area contributed by atoms with Crippen LogP contribution in [0, 0.1) is 0 Å². The summed E-state index contributed by atoms with van der Waals surface area (Å²) in [5.41, 5.74) is 0.676. The molecule has 0 saturated carbocycles. The van der Waals surface area contributed by atoms with E-state index in [1.54, 1.807) is 31.5 Å². The fourth-order valence-corrected chi connectivity index (χ4v) is 3.61. The topological polar surface area (TPSA) is 65.3 Å². The number of halogens is 3. The normalized spacial score (nSPS) is 17.6. The molecule has 1 fully saturated rings. The van der Waals surface area contributed by atoms with Gasteiger partial charge in [0, 0.05) is 32.7 Å². The third kappa shape index (κ3) is 6.96. The van der Waals surface area contributed by atoms with Gasteiger partial charge in [-0.25, -0.2) is 0 Å². The molecule has 0 spiro atoms. The number of hydrogen-bond acceptors (Lipinski definition) is 5. The summed E-state index contributed by atoms with van der Waals surface area (Å²) in [6.45, 7) is -0.809. The number of alkyl halides is 2. The standard InChI is InChI=1S/C21H29F2N5O2.HI/c1-24-21(25-13-17(27(2)3)18-9-6-12-29-18)26-15-10-11-28(14-15)16-7-4-5-8-19(16)30-20(22)23;/h4-9,12,15,17,20H,10-11,13-14H2,1-3H3,(H2,24,25,26);1H. The van der Waals surface area contributed by atoms with Crippen LogP contribution < -0.4 is 20.3 Å². The third-order valence-electron chi connectivity index (χ3n) is 5.13. The molecule has 0 radical (unpaired) electrons. The summed E-state index contributed by atoms with van der Waals surface area (Å²) in [6.07, 6.45) is 2.53. The van der Waals surface area contributed by atoms with Gasteiger partial charge in [-0.2, -0.15) is 8.78 Å². The first-order valence-corrected chi connectivity index (χ1v) is 9.93. The summed E-state index contributed by atoms with van der Waals surface area (Å²) in [7, 11) is 5.73. The number of furan rings is 1. The van der Waals surface area contributed by atoms with Gasteiger partial charge >= 0.3 is 6.61 Å². The number of anilines is 1. The lowest BCUT2D eigenvalue weighted by Crippen LogP contribution is -2.46. The van der Waals surface area contributed by atoms with Crippen molar-refractivity contribution >= 4 is 35.6 Å². The molecule has 2 aromatic rings. The molecule has 2 heterocycles. The second kappa shape index (κ2) is 12.1. The maximum atomic E-state index is 12.7. The molecule has 1 aromatic heterocycles. The molecule has 1 saturated heterocycles. The van der Waals surface area contributed by atoms with E-state index in [-0.39, 0.29) is 41.8 Å². The Balaban J connectivity index is 0.00000341. The highest BCUT2D eigenvalue weighted by Gasteiger charge is 2.26. The number of nitrogens with zero attached hydrogens (tertiary/aromatic N) is 3. The molecule has 0 amide bonds. The summed E-state index contributed by atoms with van der Waals surface area (Å²) >= 11 is 0. The summed E-state index contributed by atoms with van der Waals surface area (Å²) in [4.78, 5) is 8.45. The number of rotatable bonds is 8. The first kappa shape index (κ1) is 25.2. The van der Waals surface area contributed by atoms with Crippen LogP contribution in [0.2, 0.25) is 0 Å². The number of nitrogens with one attached hydrogen (secondary N) is 2. The van der Waals surface area contributed by atoms with E-state index in [4.69, 9.17) is 4.42 Å². The van der Waals surface area contributed by atoms with Crippen LogP contribution in [0.3, 0.4) is 0 Å². The zero-order chi connectivity index (χ0) is 21.5. The zero-order valence-electron chi connectivity index (χ0n) is 17.9. The number of benzene rings is 1. The molecule has 2 unspecified atom stereocenters. The molecule has 1 aliphatic rings. The predicted molar refractivity (Wildman–Crippen MR) is 129 cm³/mol. The Labute approximate surface area is 198 Å². The molecule has 172 valence electrons. The van der Waals surface area contributed by atoms with E-state index in [9.17, 15) is 8.78 Å². The fourth-order valence-electron chi connectivity index (χ4n) is 3.61. The van der Waals surface area contributed by atoms with Crippen molar-refractivity contribution < 1.29 is 17.9 Å². The van der Waals surface area contributed by atoms with Crippen molar-refractivity contribution in [1.29, 1.82) is 0 Å². The minimum Gasteiger partial charge on any atom is -0.468 e. The summed E-state index contributed by atoms with van der Waals surface area (Å²) in [5.74, 6) is 1.77. The molecule has 1 aromatic carbocycles. The minimum absolute atomic E-state index is 0. The molecular formula is C21H30F2IN5O2. The average molecular weight is 549 g/mol. The van der Waals surface area contributed by atoms with E-state index in [1.165, 1.54) is 0 Å². The maximum absolute atomic E-state index is 12.7. The number of likely N-dealkylation sites (N-methyl/N-ethyl adjacent to an activating group) is 1. The van der Waals surface area contributed by atoms with Gasteiger partial charge in [-0.1, -0.05) is 12.1 Å². The first-order valence-electron chi connectivity index (χ1n) is 9.93. The fraction of sp³-hybridized carbons (Fsp3) is 0.476. The third-order valence-corrected chi connectivity index (χ3v) is 5.13. The highest BCUT2D eigenvalue weighted by Crippen LogP contribution is 2.31. The van der Waals surface area contributed by atoms with Gasteiger partial charge in [0.2, 0.25) is 0 Å². The van der Waals surface area contributed by atoms with Gasteiger partial charge in [-0.3, -0.25) is 9.89 Å². The molecule has 2 atom stereocenters. The summed E-state index contributed by atoms with van der Waals surface area (Å²) < 4.78 is 35.6. The Kier molecular flexibility index (Phi) is 9.82. The minimum atomic E-state index is -2.84. The molecule has 1 aliphatic heterocycles. The smallest absolute Gasteiger partial charge is 0.387 e. The number of guanidine groups is 1. The molecule has 0 bridgehead atoms. The van der Waals surface area contributed by atoms with Crippen molar-refractivity contribution in [3.05, 3.63) is 48.4 Å². The van der Waals surface area contributed by atoms with Crippen molar-refractivity contribution in [2.75, 3.05) is 45.7 Å². The van der Waals surface area contributed by atoms with E-state index in [0.717, 1.165) is 18.7 Å². The highest BCUT2D eigenvalue weighted by molar-refractivity contribution is 14.0. The molecule has 10 heteroatoms. The molecule has 31 heavy (non-hydrogen) atoms. The second-order valence-electron chi connectivity index (χ2n) is 7.37. The molecule has 3 rings (SSSR count). The largest absolute Gasteiger partial charge is 0.468 e. The number of aliphatic imine (C=N–C) groups is 1.